The zero-order valence-corrected chi connectivity index (χ0v) is 10.4. The zero-order valence-electron chi connectivity index (χ0n) is 8.78. The van der Waals surface area contributed by atoms with Gasteiger partial charge < -0.3 is 4.74 Å². The van der Waals surface area contributed by atoms with E-state index in [4.69, 9.17) is 16.3 Å². The van der Waals surface area contributed by atoms with Crippen molar-refractivity contribution in [1.82, 2.24) is 0 Å². The fourth-order valence-electron chi connectivity index (χ4n) is 2.83. The molecular weight excluding hydrogens is 228 g/mol. The van der Waals surface area contributed by atoms with Crippen LogP contribution < -0.4 is 4.74 Å². The highest BCUT2D eigenvalue weighted by molar-refractivity contribution is 7.14. The van der Waals surface area contributed by atoms with E-state index in [1.54, 1.807) is 18.4 Å². The molecule has 0 bridgehead atoms. The molecule has 3 heteroatoms. The first-order chi connectivity index (χ1) is 7.28. The van der Waals surface area contributed by atoms with Crippen LogP contribution in [0.4, 0.5) is 0 Å². The van der Waals surface area contributed by atoms with Gasteiger partial charge in [0.1, 0.15) is 0 Å². The molecule has 0 aliphatic heterocycles. The predicted octanol–water partition coefficient (Wildman–Crippen LogP) is 4.08. The van der Waals surface area contributed by atoms with Crippen LogP contribution in [0.5, 0.6) is 5.06 Å². The molecule has 3 rings (SSSR count). The first kappa shape index (κ1) is 9.98. The van der Waals surface area contributed by atoms with Gasteiger partial charge in [0.2, 0.25) is 0 Å². The SMILES string of the molecule is COc1ccc(C(Cl)C2CC3CC3C2)s1. The molecule has 1 heterocycles. The summed E-state index contributed by atoms with van der Waals surface area (Å²) in [5, 5.41) is 1.19. The lowest BCUT2D eigenvalue weighted by molar-refractivity contribution is 0.427. The third-order valence-corrected chi connectivity index (χ3v) is 5.62. The van der Waals surface area contributed by atoms with Gasteiger partial charge in [-0.25, -0.2) is 0 Å². The molecular formula is C12H15ClOS. The molecule has 0 spiro atoms. The van der Waals surface area contributed by atoms with Gasteiger partial charge in [-0.05, 0) is 49.1 Å². The van der Waals surface area contributed by atoms with E-state index in [-0.39, 0.29) is 5.38 Å². The maximum absolute atomic E-state index is 6.52. The van der Waals surface area contributed by atoms with E-state index in [0.29, 0.717) is 5.92 Å². The number of hydrogen-bond donors (Lipinski definition) is 0. The second-order valence-corrected chi connectivity index (χ2v) is 6.30. The van der Waals surface area contributed by atoms with E-state index in [2.05, 4.69) is 6.07 Å². The van der Waals surface area contributed by atoms with Crippen LogP contribution in [0.25, 0.3) is 0 Å². The van der Waals surface area contributed by atoms with E-state index in [1.165, 1.54) is 24.1 Å². The van der Waals surface area contributed by atoms with Gasteiger partial charge in [0, 0.05) is 4.88 Å². The van der Waals surface area contributed by atoms with Crippen LogP contribution in [-0.2, 0) is 0 Å². The van der Waals surface area contributed by atoms with Gasteiger partial charge in [-0.1, -0.05) is 0 Å². The molecule has 0 saturated heterocycles. The van der Waals surface area contributed by atoms with Gasteiger partial charge in [-0.15, -0.1) is 22.9 Å². The summed E-state index contributed by atoms with van der Waals surface area (Å²) < 4.78 is 5.20. The predicted molar refractivity (Wildman–Crippen MR) is 63.8 cm³/mol. The molecule has 3 unspecified atom stereocenters. The number of thiophene rings is 1. The Kier molecular flexibility index (Phi) is 2.44. The Morgan fingerprint density at radius 2 is 2.07 bits per heavy atom. The minimum absolute atomic E-state index is 0.215. The number of rotatable bonds is 3. The van der Waals surface area contributed by atoms with E-state index >= 15 is 0 Å². The number of alkyl halides is 1. The Balaban J connectivity index is 1.70. The molecule has 2 saturated carbocycles. The fraction of sp³-hybridized carbons (Fsp3) is 0.667. The summed E-state index contributed by atoms with van der Waals surface area (Å²) in [6, 6.07) is 4.14. The van der Waals surface area contributed by atoms with Gasteiger partial charge in [0.05, 0.1) is 12.5 Å². The van der Waals surface area contributed by atoms with Crippen molar-refractivity contribution in [3.05, 3.63) is 17.0 Å². The van der Waals surface area contributed by atoms with E-state index in [1.807, 2.05) is 6.07 Å². The third kappa shape index (κ3) is 1.78. The summed E-state index contributed by atoms with van der Waals surface area (Å²) >= 11 is 8.21. The van der Waals surface area contributed by atoms with Crippen molar-refractivity contribution < 1.29 is 4.74 Å². The lowest BCUT2D eigenvalue weighted by Crippen LogP contribution is -2.04. The Labute approximate surface area is 99.4 Å². The molecule has 2 fully saturated rings. The average molecular weight is 243 g/mol. The summed E-state index contributed by atoms with van der Waals surface area (Å²) in [5.41, 5.74) is 0. The molecule has 2 aliphatic rings. The average Bonchev–Trinajstić information content (AvgIpc) is 2.73. The molecule has 0 aromatic carbocycles. The van der Waals surface area contributed by atoms with E-state index < -0.39 is 0 Å². The molecule has 82 valence electrons. The Hall–Kier alpha value is -0.210. The lowest BCUT2D eigenvalue weighted by atomic mass is 9.98. The Morgan fingerprint density at radius 1 is 1.33 bits per heavy atom. The first-order valence-electron chi connectivity index (χ1n) is 5.55. The van der Waals surface area contributed by atoms with Gasteiger partial charge in [-0.3, -0.25) is 0 Å². The summed E-state index contributed by atoms with van der Waals surface area (Å²) in [4.78, 5) is 1.28. The standard InChI is InChI=1S/C12H15ClOS/c1-14-11-3-2-10(15-11)12(13)9-5-7-4-8(7)6-9/h2-3,7-9,12H,4-6H2,1H3. The third-order valence-electron chi connectivity index (χ3n) is 3.77. The van der Waals surface area contributed by atoms with Crippen LogP contribution in [0.1, 0.15) is 29.5 Å². The van der Waals surface area contributed by atoms with Gasteiger partial charge in [-0.2, -0.15) is 0 Å². The number of halogens is 1. The molecule has 2 aliphatic carbocycles. The lowest BCUT2D eigenvalue weighted by Gasteiger charge is -2.16. The number of methoxy groups -OCH3 is 1. The van der Waals surface area contributed by atoms with E-state index in [9.17, 15) is 0 Å². The van der Waals surface area contributed by atoms with Crippen molar-refractivity contribution in [2.24, 2.45) is 17.8 Å². The summed E-state index contributed by atoms with van der Waals surface area (Å²) in [6.07, 6.45) is 4.16. The van der Waals surface area contributed by atoms with Crippen LogP contribution >= 0.6 is 22.9 Å². The summed E-state index contributed by atoms with van der Waals surface area (Å²) in [5.74, 6) is 2.73. The first-order valence-corrected chi connectivity index (χ1v) is 6.81. The molecule has 0 amide bonds. The van der Waals surface area contributed by atoms with Crippen molar-refractivity contribution in [2.75, 3.05) is 7.11 Å². The quantitative estimate of drug-likeness (QED) is 0.726. The zero-order chi connectivity index (χ0) is 10.4. The summed E-state index contributed by atoms with van der Waals surface area (Å²) in [7, 11) is 1.71. The number of hydrogen-bond acceptors (Lipinski definition) is 2. The minimum Gasteiger partial charge on any atom is -0.487 e. The second-order valence-electron chi connectivity index (χ2n) is 4.75. The molecule has 1 nitrogen and oxygen atoms in total. The summed E-state index contributed by atoms with van der Waals surface area (Å²) in [6.45, 7) is 0. The maximum atomic E-state index is 6.52. The smallest absolute Gasteiger partial charge is 0.173 e. The fourth-order valence-corrected chi connectivity index (χ4v) is 4.13. The van der Waals surface area contributed by atoms with Crippen molar-refractivity contribution in [3.63, 3.8) is 0 Å². The maximum Gasteiger partial charge on any atom is 0.173 e. The minimum atomic E-state index is 0.215. The highest BCUT2D eigenvalue weighted by Crippen LogP contribution is 2.58. The largest absolute Gasteiger partial charge is 0.487 e. The molecule has 0 N–H and O–H groups in total. The van der Waals surface area contributed by atoms with Crippen molar-refractivity contribution >= 4 is 22.9 Å². The van der Waals surface area contributed by atoms with Crippen LogP contribution in [0.2, 0.25) is 0 Å². The van der Waals surface area contributed by atoms with Crippen molar-refractivity contribution in [2.45, 2.75) is 24.6 Å². The monoisotopic (exact) mass is 242 g/mol. The molecule has 15 heavy (non-hydrogen) atoms. The topological polar surface area (TPSA) is 9.23 Å². The molecule has 0 radical (unpaired) electrons. The molecule has 1 aromatic heterocycles. The van der Waals surface area contributed by atoms with Crippen LogP contribution in [0.3, 0.4) is 0 Å². The highest BCUT2D eigenvalue weighted by Gasteiger charge is 2.47. The van der Waals surface area contributed by atoms with E-state index in [0.717, 1.165) is 16.9 Å². The van der Waals surface area contributed by atoms with Crippen LogP contribution in [-0.4, -0.2) is 7.11 Å². The highest BCUT2D eigenvalue weighted by atomic mass is 35.5. The Bertz CT molecular complexity index is 352. The van der Waals surface area contributed by atoms with Gasteiger partial charge in [0.15, 0.2) is 5.06 Å². The Morgan fingerprint density at radius 3 is 2.67 bits per heavy atom. The normalized spacial score (nSPS) is 34.9. The molecule has 3 atom stereocenters. The number of fused-ring (bicyclic) bond motifs is 1. The van der Waals surface area contributed by atoms with Gasteiger partial charge in [0.25, 0.3) is 0 Å². The van der Waals surface area contributed by atoms with Crippen molar-refractivity contribution in [1.29, 1.82) is 0 Å². The molecule has 1 aromatic rings. The second kappa shape index (κ2) is 3.67. The van der Waals surface area contributed by atoms with Crippen LogP contribution in [0, 0.1) is 17.8 Å². The number of ether oxygens (including phenoxy) is 1. The van der Waals surface area contributed by atoms with Crippen LogP contribution in [0.15, 0.2) is 12.1 Å². The van der Waals surface area contributed by atoms with Crippen molar-refractivity contribution in [3.8, 4) is 5.06 Å². The van der Waals surface area contributed by atoms with Gasteiger partial charge >= 0.3 is 0 Å².